The lowest BCUT2D eigenvalue weighted by Crippen LogP contribution is -1.98. The van der Waals surface area contributed by atoms with Gasteiger partial charge in [-0.3, -0.25) is 0 Å². The summed E-state index contributed by atoms with van der Waals surface area (Å²) in [5.74, 6) is 0. The Kier molecular flexibility index (Phi) is 3.21. The maximum Gasteiger partial charge on any atom is 0.0433 e. The van der Waals surface area contributed by atoms with Crippen molar-refractivity contribution in [3.63, 3.8) is 0 Å². The summed E-state index contributed by atoms with van der Waals surface area (Å²) in [4.78, 5) is 0. The summed E-state index contributed by atoms with van der Waals surface area (Å²) in [5.41, 5.74) is 10.8. The first kappa shape index (κ1) is 13.5. The largest absolute Gasteiger partial charge is 0.326 e. The standard InChI is InChI=1S/C20H17NS/c1-13-11-14(9-10-15(13)12-21)16-6-4-7-18-17-5-2-3-8-19(17)22-20(16)18/h2-11H,12,21H2,1H3. The molecule has 1 aromatic heterocycles. The molecule has 4 aromatic rings. The van der Waals surface area contributed by atoms with Crippen LogP contribution in [0.15, 0.2) is 60.7 Å². The summed E-state index contributed by atoms with van der Waals surface area (Å²) >= 11 is 1.87. The topological polar surface area (TPSA) is 26.0 Å². The normalized spacial score (nSPS) is 11.4. The first-order chi connectivity index (χ1) is 10.8. The zero-order chi connectivity index (χ0) is 15.1. The second kappa shape index (κ2) is 5.24. The molecule has 0 bridgehead atoms. The molecule has 0 unspecified atom stereocenters. The molecule has 0 aliphatic heterocycles. The van der Waals surface area contributed by atoms with Crippen molar-refractivity contribution in [3.05, 3.63) is 71.8 Å². The highest BCUT2D eigenvalue weighted by atomic mass is 32.1. The number of nitrogens with two attached hydrogens (primary N) is 1. The average molecular weight is 303 g/mol. The second-order valence-electron chi connectivity index (χ2n) is 5.63. The molecule has 0 atom stereocenters. The van der Waals surface area contributed by atoms with E-state index in [9.17, 15) is 0 Å². The predicted octanol–water partition coefficient (Wildman–Crippen LogP) is 5.49. The first-order valence-electron chi connectivity index (χ1n) is 7.48. The molecule has 0 radical (unpaired) electrons. The van der Waals surface area contributed by atoms with Crippen LogP contribution in [0.2, 0.25) is 0 Å². The SMILES string of the molecule is Cc1cc(-c2cccc3c2sc2ccccc23)ccc1CN. The smallest absolute Gasteiger partial charge is 0.0433 e. The highest BCUT2D eigenvalue weighted by Crippen LogP contribution is 2.39. The number of hydrogen-bond acceptors (Lipinski definition) is 2. The van der Waals surface area contributed by atoms with Crippen LogP contribution >= 0.6 is 11.3 Å². The molecule has 1 heterocycles. The molecule has 2 N–H and O–H groups in total. The molecule has 108 valence electrons. The van der Waals surface area contributed by atoms with E-state index in [1.807, 2.05) is 11.3 Å². The third-order valence-electron chi connectivity index (χ3n) is 4.28. The second-order valence-corrected chi connectivity index (χ2v) is 6.68. The van der Waals surface area contributed by atoms with Gasteiger partial charge in [-0.2, -0.15) is 0 Å². The molecule has 0 spiro atoms. The van der Waals surface area contributed by atoms with E-state index in [1.165, 1.54) is 42.4 Å². The molecule has 0 fully saturated rings. The lowest BCUT2D eigenvalue weighted by Gasteiger charge is -2.08. The minimum atomic E-state index is 0.596. The fourth-order valence-corrected chi connectivity index (χ4v) is 4.31. The summed E-state index contributed by atoms with van der Waals surface area (Å²) in [7, 11) is 0. The van der Waals surface area contributed by atoms with E-state index in [2.05, 4.69) is 67.6 Å². The van der Waals surface area contributed by atoms with E-state index >= 15 is 0 Å². The lowest BCUT2D eigenvalue weighted by atomic mass is 9.98. The van der Waals surface area contributed by atoms with E-state index < -0.39 is 0 Å². The molecule has 0 aliphatic rings. The Labute approximate surface area is 134 Å². The van der Waals surface area contributed by atoms with Crippen LogP contribution in [-0.4, -0.2) is 0 Å². The molecular weight excluding hydrogens is 286 g/mol. The van der Waals surface area contributed by atoms with E-state index in [1.54, 1.807) is 0 Å². The number of aryl methyl sites for hydroxylation is 1. The van der Waals surface area contributed by atoms with Gasteiger partial charge in [0.1, 0.15) is 0 Å². The number of hydrogen-bond donors (Lipinski definition) is 1. The van der Waals surface area contributed by atoms with Crippen molar-refractivity contribution in [1.82, 2.24) is 0 Å². The molecule has 0 aliphatic carbocycles. The Morgan fingerprint density at radius 1 is 0.909 bits per heavy atom. The van der Waals surface area contributed by atoms with Crippen molar-refractivity contribution in [3.8, 4) is 11.1 Å². The van der Waals surface area contributed by atoms with E-state index in [-0.39, 0.29) is 0 Å². The predicted molar refractivity (Wildman–Crippen MR) is 97.4 cm³/mol. The Morgan fingerprint density at radius 2 is 1.73 bits per heavy atom. The van der Waals surface area contributed by atoms with Gasteiger partial charge in [0.25, 0.3) is 0 Å². The van der Waals surface area contributed by atoms with Crippen molar-refractivity contribution in [2.24, 2.45) is 5.73 Å². The van der Waals surface area contributed by atoms with Gasteiger partial charge in [-0.05, 0) is 35.2 Å². The van der Waals surface area contributed by atoms with Crippen LogP contribution in [0.1, 0.15) is 11.1 Å². The van der Waals surface area contributed by atoms with Crippen LogP contribution in [-0.2, 0) is 6.54 Å². The molecule has 0 amide bonds. The van der Waals surface area contributed by atoms with Gasteiger partial charge in [0.2, 0.25) is 0 Å². The number of rotatable bonds is 2. The monoisotopic (exact) mass is 303 g/mol. The zero-order valence-corrected chi connectivity index (χ0v) is 13.3. The Bertz CT molecular complexity index is 982. The Hall–Kier alpha value is -2.16. The van der Waals surface area contributed by atoms with Gasteiger partial charge < -0.3 is 5.73 Å². The van der Waals surface area contributed by atoms with Gasteiger partial charge in [-0.15, -0.1) is 11.3 Å². The minimum absolute atomic E-state index is 0.596. The van der Waals surface area contributed by atoms with E-state index in [0.29, 0.717) is 6.54 Å². The van der Waals surface area contributed by atoms with Crippen LogP contribution in [0.4, 0.5) is 0 Å². The highest BCUT2D eigenvalue weighted by molar-refractivity contribution is 7.26. The summed E-state index contributed by atoms with van der Waals surface area (Å²) < 4.78 is 2.71. The van der Waals surface area contributed by atoms with Gasteiger partial charge in [-0.25, -0.2) is 0 Å². The maximum atomic E-state index is 5.78. The highest BCUT2D eigenvalue weighted by Gasteiger charge is 2.10. The summed E-state index contributed by atoms with van der Waals surface area (Å²) in [6.45, 7) is 2.73. The molecule has 3 aromatic carbocycles. The quantitative estimate of drug-likeness (QED) is 0.520. The Morgan fingerprint density at radius 3 is 2.55 bits per heavy atom. The van der Waals surface area contributed by atoms with Crippen LogP contribution in [0.5, 0.6) is 0 Å². The summed E-state index contributed by atoms with van der Waals surface area (Å²) in [6, 6.07) is 21.8. The third-order valence-corrected chi connectivity index (χ3v) is 5.50. The van der Waals surface area contributed by atoms with Crippen LogP contribution in [0.25, 0.3) is 31.3 Å². The van der Waals surface area contributed by atoms with Crippen molar-refractivity contribution in [2.75, 3.05) is 0 Å². The first-order valence-corrected chi connectivity index (χ1v) is 8.30. The van der Waals surface area contributed by atoms with Gasteiger partial charge in [0.15, 0.2) is 0 Å². The molecular formula is C20H17NS. The van der Waals surface area contributed by atoms with Crippen molar-refractivity contribution < 1.29 is 0 Å². The molecule has 2 heteroatoms. The third kappa shape index (κ3) is 2.04. The van der Waals surface area contributed by atoms with Gasteiger partial charge >= 0.3 is 0 Å². The number of thiophene rings is 1. The average Bonchev–Trinajstić information content (AvgIpc) is 2.93. The molecule has 1 nitrogen and oxygen atoms in total. The van der Waals surface area contributed by atoms with E-state index in [0.717, 1.165) is 0 Å². The minimum Gasteiger partial charge on any atom is -0.326 e. The fourth-order valence-electron chi connectivity index (χ4n) is 3.07. The van der Waals surface area contributed by atoms with Gasteiger partial charge in [0.05, 0.1) is 0 Å². The summed E-state index contributed by atoms with van der Waals surface area (Å²) in [5, 5.41) is 2.69. The number of fused-ring (bicyclic) bond motifs is 3. The summed E-state index contributed by atoms with van der Waals surface area (Å²) in [6.07, 6.45) is 0. The fraction of sp³-hybridized carbons (Fsp3) is 0.100. The van der Waals surface area contributed by atoms with Crippen molar-refractivity contribution in [1.29, 1.82) is 0 Å². The van der Waals surface area contributed by atoms with Crippen LogP contribution in [0.3, 0.4) is 0 Å². The van der Waals surface area contributed by atoms with Crippen molar-refractivity contribution >= 4 is 31.5 Å². The lowest BCUT2D eigenvalue weighted by molar-refractivity contribution is 1.05. The maximum absolute atomic E-state index is 5.78. The zero-order valence-electron chi connectivity index (χ0n) is 12.5. The van der Waals surface area contributed by atoms with Gasteiger partial charge in [-0.1, -0.05) is 54.6 Å². The number of benzene rings is 3. The van der Waals surface area contributed by atoms with Gasteiger partial charge in [0, 0.05) is 26.7 Å². The van der Waals surface area contributed by atoms with Crippen LogP contribution < -0.4 is 5.73 Å². The van der Waals surface area contributed by atoms with Crippen molar-refractivity contribution in [2.45, 2.75) is 13.5 Å². The van der Waals surface area contributed by atoms with Crippen LogP contribution in [0, 0.1) is 6.92 Å². The molecule has 0 saturated carbocycles. The molecule has 4 rings (SSSR count). The van der Waals surface area contributed by atoms with E-state index in [4.69, 9.17) is 5.73 Å². The Balaban J connectivity index is 2.00. The molecule has 22 heavy (non-hydrogen) atoms. The molecule has 0 saturated heterocycles.